The number of unbranched alkanes of at least 4 members (excludes halogenated alkanes) is 1. The predicted octanol–water partition coefficient (Wildman–Crippen LogP) is -5.03. The zero-order chi connectivity index (χ0) is 39.0. The molecule has 0 bridgehead atoms. The number of aliphatic carboxylic acids is 2. The lowest BCUT2D eigenvalue weighted by Crippen LogP contribution is -2.60. The number of rotatable bonds is 22. The molecule has 1 aliphatic heterocycles. The first-order valence-corrected chi connectivity index (χ1v) is 16.5. The number of ether oxygens (including phenoxy) is 2. The molecule has 0 aliphatic carbocycles. The van der Waals surface area contributed by atoms with Crippen molar-refractivity contribution in [2.45, 2.75) is 121 Å². The van der Waals surface area contributed by atoms with Crippen molar-refractivity contribution in [3.63, 3.8) is 0 Å². The molecule has 1 heterocycles. The van der Waals surface area contributed by atoms with Crippen LogP contribution in [0.5, 0.6) is 0 Å². The van der Waals surface area contributed by atoms with E-state index in [4.69, 9.17) is 26.0 Å². The third-order valence-electron chi connectivity index (χ3n) is 8.11. The van der Waals surface area contributed by atoms with E-state index in [0.717, 1.165) is 0 Å². The Morgan fingerprint density at radius 2 is 1.29 bits per heavy atom. The summed E-state index contributed by atoms with van der Waals surface area (Å²) in [5.41, 5.74) is 11.2. The first kappa shape index (κ1) is 45.0. The standard InChI is InChI=1S/C30H53N7O14/c1-13(24(41)35-15(3)28(45)46)34-27(44)18(7-5-6-10-31)36-21(39)9-8-19(29(47)48)37-25(42)14(2)33-26(43)16(4)50-23-17(11-32)30(49)51-20(12-38)22(23)40/h13-20,22-23,30,38,40,49H,5-12,31-32H2,1-4H3,(H,33,43)(H,34,44)(H,35,41)(H,36,39)(H,37,42)(H,45,46)(H,47,48)/t13-,14+,15-,16-,17+,18+,19-,20?,22?,23-,30?/m1/s1. The molecular formula is C30H53N7O14. The summed E-state index contributed by atoms with van der Waals surface area (Å²) in [6.45, 7) is 4.58. The number of aliphatic hydroxyl groups excluding tert-OH is 3. The van der Waals surface area contributed by atoms with E-state index in [-0.39, 0.29) is 13.0 Å². The van der Waals surface area contributed by atoms with Crippen LogP contribution in [0.1, 0.15) is 59.8 Å². The maximum absolute atomic E-state index is 12.9. The summed E-state index contributed by atoms with van der Waals surface area (Å²) in [5.74, 6) is -7.74. The third-order valence-corrected chi connectivity index (χ3v) is 8.11. The van der Waals surface area contributed by atoms with E-state index < -0.39 is 128 Å². The lowest BCUT2D eigenvalue weighted by atomic mass is 9.90. The fourth-order valence-corrected chi connectivity index (χ4v) is 4.90. The monoisotopic (exact) mass is 735 g/mol. The Bertz CT molecular complexity index is 1210. The second-order valence-electron chi connectivity index (χ2n) is 12.3. The van der Waals surface area contributed by atoms with Crippen LogP contribution in [-0.2, 0) is 43.0 Å². The number of nitrogens with one attached hydrogen (secondary N) is 5. The predicted molar refractivity (Wildman–Crippen MR) is 175 cm³/mol. The minimum atomic E-state index is -1.58. The number of hydrogen-bond acceptors (Lipinski definition) is 14. The SMILES string of the molecule is C[C@H](NC(=O)[C@@H](C)O[C@H]1C(O)C(CO)OC(O)[C@H]1CN)C(=O)N[C@H](CCC(=O)N[C@@H](CCCCN)C(=O)N[C@H](C)C(=O)N[C@H](C)C(=O)O)C(=O)O. The number of hydrogen-bond donors (Lipinski definition) is 12. The summed E-state index contributed by atoms with van der Waals surface area (Å²) in [5, 5.41) is 60.4. The molecule has 1 rings (SSSR count). The van der Waals surface area contributed by atoms with E-state index >= 15 is 0 Å². The van der Waals surface area contributed by atoms with E-state index in [0.29, 0.717) is 19.4 Å². The molecule has 51 heavy (non-hydrogen) atoms. The van der Waals surface area contributed by atoms with Crippen LogP contribution in [0, 0.1) is 5.92 Å². The minimum Gasteiger partial charge on any atom is -0.480 e. The van der Waals surface area contributed by atoms with Crippen molar-refractivity contribution >= 4 is 41.5 Å². The van der Waals surface area contributed by atoms with Gasteiger partial charge in [-0.1, -0.05) is 0 Å². The van der Waals surface area contributed by atoms with Crippen LogP contribution in [0.4, 0.5) is 0 Å². The highest BCUT2D eigenvalue weighted by molar-refractivity contribution is 5.93. The van der Waals surface area contributed by atoms with Gasteiger partial charge in [0.2, 0.25) is 29.5 Å². The topological polar surface area (TPSA) is 351 Å². The van der Waals surface area contributed by atoms with Crippen molar-refractivity contribution in [1.29, 1.82) is 0 Å². The number of carboxylic acids is 2. The molecule has 1 aliphatic rings. The smallest absolute Gasteiger partial charge is 0.326 e. The van der Waals surface area contributed by atoms with E-state index in [2.05, 4.69) is 26.6 Å². The van der Waals surface area contributed by atoms with Crippen molar-refractivity contribution in [2.75, 3.05) is 19.7 Å². The van der Waals surface area contributed by atoms with Crippen molar-refractivity contribution in [3.8, 4) is 0 Å². The lowest BCUT2D eigenvalue weighted by molar-refractivity contribution is -0.280. The molecule has 5 amide bonds. The van der Waals surface area contributed by atoms with Crippen LogP contribution in [0.3, 0.4) is 0 Å². The van der Waals surface area contributed by atoms with Gasteiger partial charge >= 0.3 is 11.9 Å². The van der Waals surface area contributed by atoms with Gasteiger partial charge in [0.15, 0.2) is 6.29 Å². The molecule has 21 heteroatoms. The molecule has 1 fully saturated rings. The number of amides is 5. The Kier molecular flexibility index (Phi) is 19.5. The second kappa shape index (κ2) is 22.1. The van der Waals surface area contributed by atoms with Crippen LogP contribution < -0.4 is 38.1 Å². The normalized spacial score (nSPS) is 23.7. The van der Waals surface area contributed by atoms with Gasteiger partial charge in [-0.15, -0.1) is 0 Å². The zero-order valence-electron chi connectivity index (χ0n) is 29.1. The van der Waals surface area contributed by atoms with Crippen LogP contribution in [-0.4, -0.2) is 148 Å². The Morgan fingerprint density at radius 3 is 1.82 bits per heavy atom. The first-order valence-electron chi connectivity index (χ1n) is 16.5. The Balaban J connectivity index is 2.79. The van der Waals surface area contributed by atoms with Gasteiger partial charge in [-0.3, -0.25) is 28.8 Å². The highest BCUT2D eigenvalue weighted by Gasteiger charge is 2.45. The lowest BCUT2D eigenvalue weighted by Gasteiger charge is -2.42. The zero-order valence-corrected chi connectivity index (χ0v) is 29.1. The largest absolute Gasteiger partial charge is 0.480 e. The van der Waals surface area contributed by atoms with Gasteiger partial charge in [-0.2, -0.15) is 0 Å². The number of carbonyl (C=O) groups excluding carboxylic acids is 5. The summed E-state index contributed by atoms with van der Waals surface area (Å²) >= 11 is 0. The minimum absolute atomic E-state index is 0.121. The molecule has 14 N–H and O–H groups in total. The molecular weight excluding hydrogens is 682 g/mol. The molecule has 21 nitrogen and oxygen atoms in total. The molecule has 0 radical (unpaired) electrons. The molecule has 3 unspecified atom stereocenters. The van der Waals surface area contributed by atoms with E-state index in [1.807, 2.05) is 0 Å². The summed E-state index contributed by atoms with van der Waals surface area (Å²) < 4.78 is 10.7. The second-order valence-corrected chi connectivity index (χ2v) is 12.3. The molecule has 0 spiro atoms. The summed E-state index contributed by atoms with van der Waals surface area (Å²) in [4.78, 5) is 86.5. The van der Waals surface area contributed by atoms with Crippen molar-refractivity contribution in [3.05, 3.63) is 0 Å². The number of nitrogens with two attached hydrogens (primary N) is 2. The number of carboxylic acid groups (broad SMARTS) is 2. The third kappa shape index (κ3) is 14.6. The number of carbonyl (C=O) groups is 7. The summed E-state index contributed by atoms with van der Waals surface area (Å²) in [6.07, 6.45) is -6.49. The Morgan fingerprint density at radius 1 is 0.725 bits per heavy atom. The van der Waals surface area contributed by atoms with Crippen LogP contribution >= 0.6 is 0 Å². The summed E-state index contributed by atoms with van der Waals surface area (Å²) in [7, 11) is 0. The van der Waals surface area contributed by atoms with Crippen LogP contribution in [0.25, 0.3) is 0 Å². The van der Waals surface area contributed by atoms with Gasteiger partial charge in [0, 0.05) is 13.0 Å². The van der Waals surface area contributed by atoms with Gasteiger partial charge < -0.3 is 73.1 Å². The van der Waals surface area contributed by atoms with Gasteiger partial charge in [-0.05, 0) is 59.9 Å². The molecule has 11 atom stereocenters. The molecule has 0 aromatic rings. The summed E-state index contributed by atoms with van der Waals surface area (Å²) in [6, 6.07) is -6.39. The molecule has 292 valence electrons. The maximum Gasteiger partial charge on any atom is 0.326 e. The maximum atomic E-state index is 12.9. The molecule has 0 saturated carbocycles. The van der Waals surface area contributed by atoms with E-state index in [9.17, 15) is 54.0 Å². The van der Waals surface area contributed by atoms with Crippen molar-refractivity contribution < 1.29 is 68.6 Å². The Labute approximate surface area is 294 Å². The van der Waals surface area contributed by atoms with Gasteiger partial charge in [0.05, 0.1) is 18.6 Å². The van der Waals surface area contributed by atoms with Crippen LogP contribution in [0.15, 0.2) is 0 Å². The molecule has 0 aromatic carbocycles. The fourth-order valence-electron chi connectivity index (χ4n) is 4.90. The molecule has 1 saturated heterocycles. The van der Waals surface area contributed by atoms with Crippen LogP contribution in [0.2, 0.25) is 0 Å². The van der Waals surface area contributed by atoms with Gasteiger partial charge in [-0.25, -0.2) is 4.79 Å². The quantitative estimate of drug-likeness (QED) is 0.0463. The van der Waals surface area contributed by atoms with E-state index in [1.165, 1.54) is 27.7 Å². The van der Waals surface area contributed by atoms with Crippen molar-refractivity contribution in [2.24, 2.45) is 17.4 Å². The first-order chi connectivity index (χ1) is 23.9. The van der Waals surface area contributed by atoms with Gasteiger partial charge in [0.1, 0.15) is 48.5 Å². The average Bonchev–Trinajstić information content (AvgIpc) is 3.06. The Hall–Kier alpha value is -3.99. The van der Waals surface area contributed by atoms with E-state index in [1.54, 1.807) is 0 Å². The van der Waals surface area contributed by atoms with Gasteiger partial charge in [0.25, 0.3) is 0 Å². The highest BCUT2D eigenvalue weighted by atomic mass is 16.6. The number of aliphatic hydroxyl groups is 3. The average molecular weight is 736 g/mol. The molecule has 0 aromatic heterocycles. The van der Waals surface area contributed by atoms with Crippen molar-refractivity contribution in [1.82, 2.24) is 26.6 Å². The highest BCUT2D eigenvalue weighted by Crippen LogP contribution is 2.27. The fraction of sp³-hybridized carbons (Fsp3) is 0.767.